The molecule has 0 aromatic rings. The largest absolute Gasteiger partial charge is 0.450 e. The fourth-order valence-corrected chi connectivity index (χ4v) is 2.09. The van der Waals surface area contributed by atoms with Gasteiger partial charge in [0, 0.05) is 25.7 Å². The number of aliphatic imine (C=N–C) groups is 1. The van der Waals surface area contributed by atoms with Crippen LogP contribution in [0.4, 0.5) is 4.79 Å². The first-order chi connectivity index (χ1) is 10.1. The lowest BCUT2D eigenvalue weighted by atomic mass is 10.1. The molecule has 9 heteroatoms. The molecule has 1 rings (SSSR count). The number of nitrogens with one attached hydrogen (secondary N) is 2. The topological polar surface area (TPSA) is 109 Å². The van der Waals surface area contributed by atoms with Crippen molar-refractivity contribution in [1.82, 2.24) is 15.5 Å². The van der Waals surface area contributed by atoms with E-state index in [1.807, 2.05) is 6.92 Å². The van der Waals surface area contributed by atoms with Crippen molar-refractivity contribution in [2.24, 2.45) is 10.7 Å². The van der Waals surface area contributed by atoms with Crippen molar-refractivity contribution < 1.29 is 14.3 Å². The summed E-state index contributed by atoms with van der Waals surface area (Å²) in [6.45, 7) is 5.87. The Balaban J connectivity index is 0.00000441. The second-order valence-electron chi connectivity index (χ2n) is 4.76. The van der Waals surface area contributed by atoms with Gasteiger partial charge in [-0.1, -0.05) is 0 Å². The highest BCUT2D eigenvalue weighted by Gasteiger charge is 2.23. The van der Waals surface area contributed by atoms with E-state index in [1.165, 1.54) is 0 Å². The second kappa shape index (κ2) is 11.3. The highest BCUT2D eigenvalue weighted by Crippen LogP contribution is 2.11. The molecule has 4 N–H and O–H groups in total. The molecular formula is C13H26IN5O3. The number of hydrogen-bond acceptors (Lipinski definition) is 4. The minimum absolute atomic E-state index is 0. The lowest BCUT2D eigenvalue weighted by molar-refractivity contribution is -0.119. The Labute approximate surface area is 148 Å². The fraction of sp³-hybridized carbons (Fsp3) is 0.769. The van der Waals surface area contributed by atoms with Crippen LogP contribution in [0.25, 0.3) is 0 Å². The minimum Gasteiger partial charge on any atom is -0.450 e. The maximum Gasteiger partial charge on any atom is 0.409 e. The van der Waals surface area contributed by atoms with Crippen LogP contribution in [-0.4, -0.2) is 61.7 Å². The van der Waals surface area contributed by atoms with Crippen molar-refractivity contribution in [2.75, 3.05) is 32.8 Å². The number of piperidine rings is 1. The first-order valence-electron chi connectivity index (χ1n) is 7.31. The van der Waals surface area contributed by atoms with E-state index < -0.39 is 0 Å². The lowest BCUT2D eigenvalue weighted by Gasteiger charge is -2.31. The number of likely N-dealkylation sites (tertiary alicyclic amines) is 1. The molecule has 8 nitrogen and oxygen atoms in total. The molecule has 1 saturated heterocycles. The highest BCUT2D eigenvalue weighted by atomic mass is 127. The summed E-state index contributed by atoms with van der Waals surface area (Å²) in [5.41, 5.74) is 5.74. The maximum absolute atomic E-state index is 11.6. The Morgan fingerprint density at radius 2 is 1.95 bits per heavy atom. The first kappa shape index (κ1) is 20.7. The van der Waals surface area contributed by atoms with Gasteiger partial charge in [0.15, 0.2) is 5.96 Å². The summed E-state index contributed by atoms with van der Waals surface area (Å²) in [5, 5.41) is 5.72. The Morgan fingerprint density at radius 3 is 2.50 bits per heavy atom. The van der Waals surface area contributed by atoms with Gasteiger partial charge in [-0.2, -0.15) is 0 Å². The molecule has 0 unspecified atom stereocenters. The Hall–Kier alpha value is -1.26. The zero-order chi connectivity index (χ0) is 15.7. The molecule has 1 heterocycles. The molecule has 0 radical (unpaired) electrons. The number of rotatable bonds is 5. The number of hydrogen-bond donors (Lipinski definition) is 3. The highest BCUT2D eigenvalue weighted by molar-refractivity contribution is 14.0. The summed E-state index contributed by atoms with van der Waals surface area (Å²) in [4.78, 5) is 28.5. The van der Waals surface area contributed by atoms with Gasteiger partial charge in [0.25, 0.3) is 0 Å². The molecule has 0 atom stereocenters. The summed E-state index contributed by atoms with van der Waals surface area (Å²) in [5.74, 6) is 0.107. The Kier molecular flexibility index (Phi) is 10.7. The predicted octanol–water partition coefficient (Wildman–Crippen LogP) is 0.266. The van der Waals surface area contributed by atoms with Crippen molar-refractivity contribution in [3.05, 3.63) is 0 Å². The van der Waals surface area contributed by atoms with Gasteiger partial charge in [-0.05, 0) is 26.7 Å². The molecular weight excluding hydrogens is 401 g/mol. The van der Waals surface area contributed by atoms with Gasteiger partial charge >= 0.3 is 6.09 Å². The van der Waals surface area contributed by atoms with Gasteiger partial charge in [0.1, 0.15) is 6.54 Å². The van der Waals surface area contributed by atoms with Crippen LogP contribution in [-0.2, 0) is 9.53 Å². The van der Waals surface area contributed by atoms with Crippen molar-refractivity contribution in [1.29, 1.82) is 0 Å². The summed E-state index contributed by atoms with van der Waals surface area (Å²) >= 11 is 0. The van der Waals surface area contributed by atoms with E-state index in [1.54, 1.807) is 11.8 Å². The average Bonchev–Trinajstić information content (AvgIpc) is 2.46. The van der Waals surface area contributed by atoms with Crippen LogP contribution in [0.2, 0.25) is 0 Å². The number of halogens is 1. The van der Waals surface area contributed by atoms with Gasteiger partial charge < -0.3 is 26.0 Å². The summed E-state index contributed by atoms with van der Waals surface area (Å²) in [7, 11) is 0. The summed E-state index contributed by atoms with van der Waals surface area (Å²) in [6.07, 6.45) is 1.28. The molecule has 0 bridgehead atoms. The van der Waals surface area contributed by atoms with Crippen LogP contribution in [0, 0.1) is 0 Å². The quantitative estimate of drug-likeness (QED) is 0.332. The van der Waals surface area contributed by atoms with Crippen molar-refractivity contribution in [3.63, 3.8) is 0 Å². The molecule has 0 aromatic heterocycles. The van der Waals surface area contributed by atoms with Crippen LogP contribution >= 0.6 is 24.0 Å². The monoisotopic (exact) mass is 427 g/mol. The third kappa shape index (κ3) is 7.66. The molecule has 0 spiro atoms. The van der Waals surface area contributed by atoms with Crippen LogP contribution < -0.4 is 16.4 Å². The number of nitrogens with zero attached hydrogens (tertiary/aromatic N) is 2. The van der Waals surface area contributed by atoms with E-state index in [0.29, 0.717) is 26.2 Å². The van der Waals surface area contributed by atoms with Gasteiger partial charge in [0.2, 0.25) is 5.91 Å². The first-order valence-corrected chi connectivity index (χ1v) is 7.31. The normalized spacial score (nSPS) is 15.7. The van der Waals surface area contributed by atoms with E-state index in [4.69, 9.17) is 10.5 Å². The maximum atomic E-state index is 11.6. The van der Waals surface area contributed by atoms with E-state index in [-0.39, 0.29) is 54.5 Å². The third-order valence-electron chi connectivity index (χ3n) is 3.14. The van der Waals surface area contributed by atoms with Gasteiger partial charge in [0.05, 0.1) is 6.61 Å². The minimum atomic E-state index is -0.270. The molecule has 1 aliphatic heterocycles. The number of carbonyl (C=O) groups is 2. The number of likely N-dealkylation sites (N-methyl/N-ethyl adjacent to an activating group) is 1. The molecule has 2 amide bonds. The smallest absolute Gasteiger partial charge is 0.409 e. The Bertz CT molecular complexity index is 384. The molecule has 0 aliphatic carbocycles. The summed E-state index contributed by atoms with van der Waals surface area (Å²) in [6, 6.07) is 0.161. The number of amides is 2. The van der Waals surface area contributed by atoms with Crippen molar-refractivity contribution in [3.8, 4) is 0 Å². The molecule has 22 heavy (non-hydrogen) atoms. The van der Waals surface area contributed by atoms with Crippen LogP contribution in [0.3, 0.4) is 0 Å². The van der Waals surface area contributed by atoms with E-state index in [9.17, 15) is 9.59 Å². The second-order valence-corrected chi connectivity index (χ2v) is 4.76. The lowest BCUT2D eigenvalue weighted by Crippen LogP contribution is -2.48. The average molecular weight is 427 g/mol. The van der Waals surface area contributed by atoms with E-state index in [2.05, 4.69) is 15.6 Å². The van der Waals surface area contributed by atoms with Gasteiger partial charge in [-0.3, -0.25) is 4.79 Å². The zero-order valence-corrected chi connectivity index (χ0v) is 15.5. The SMILES string of the molecule is CCNC(=O)CN=C(N)NC1CCN(C(=O)OCC)CC1.I. The van der Waals surface area contributed by atoms with Gasteiger partial charge in [-0.25, -0.2) is 9.79 Å². The molecule has 128 valence electrons. The molecule has 1 fully saturated rings. The molecule has 1 aliphatic rings. The Morgan fingerprint density at radius 1 is 1.32 bits per heavy atom. The summed E-state index contributed by atoms with van der Waals surface area (Å²) < 4.78 is 4.96. The fourth-order valence-electron chi connectivity index (χ4n) is 2.09. The van der Waals surface area contributed by atoms with Crippen molar-refractivity contribution >= 4 is 41.9 Å². The van der Waals surface area contributed by atoms with E-state index >= 15 is 0 Å². The van der Waals surface area contributed by atoms with Crippen LogP contribution in [0.15, 0.2) is 4.99 Å². The number of guanidine groups is 1. The van der Waals surface area contributed by atoms with Crippen LogP contribution in [0.5, 0.6) is 0 Å². The molecule has 0 aromatic carbocycles. The van der Waals surface area contributed by atoms with E-state index in [0.717, 1.165) is 12.8 Å². The standard InChI is InChI=1S/C13H25N5O3.HI/c1-3-15-11(19)9-16-12(14)17-10-5-7-18(8-6-10)13(20)21-4-2;/h10H,3-9H2,1-2H3,(H,15,19)(H3,14,16,17);1H. The predicted molar refractivity (Wildman–Crippen MR) is 95.3 cm³/mol. The number of nitrogens with two attached hydrogens (primary N) is 1. The third-order valence-corrected chi connectivity index (χ3v) is 3.14. The zero-order valence-electron chi connectivity index (χ0n) is 13.1. The van der Waals surface area contributed by atoms with Crippen molar-refractivity contribution in [2.45, 2.75) is 32.7 Å². The van der Waals surface area contributed by atoms with Gasteiger partial charge in [-0.15, -0.1) is 24.0 Å². The van der Waals surface area contributed by atoms with Crippen LogP contribution in [0.1, 0.15) is 26.7 Å². The number of carbonyl (C=O) groups excluding carboxylic acids is 2. The number of ether oxygens (including phenoxy) is 1. The molecule has 0 saturated carbocycles.